The number of aryl methyl sites for hydroxylation is 2. The molecule has 158 valence electrons. The van der Waals surface area contributed by atoms with Gasteiger partial charge >= 0.3 is 0 Å². The van der Waals surface area contributed by atoms with Crippen molar-refractivity contribution in [2.75, 3.05) is 12.3 Å². The van der Waals surface area contributed by atoms with Gasteiger partial charge in [0.05, 0.1) is 10.9 Å². The molecule has 1 amide bonds. The SMILES string of the molecule is Cc1ccc(-c2nn(C(C)(C)CNC(=O)c3cccc(C)n3)c3ncnc(N)c23)cc1. The molecule has 0 saturated carbocycles. The molecule has 0 saturated heterocycles. The number of amides is 1. The number of benzene rings is 1. The lowest BCUT2D eigenvalue weighted by molar-refractivity contribution is 0.0931. The summed E-state index contributed by atoms with van der Waals surface area (Å²) in [7, 11) is 0. The van der Waals surface area contributed by atoms with Gasteiger partial charge in [0.15, 0.2) is 5.65 Å². The van der Waals surface area contributed by atoms with Gasteiger partial charge in [-0.15, -0.1) is 0 Å². The summed E-state index contributed by atoms with van der Waals surface area (Å²) >= 11 is 0. The van der Waals surface area contributed by atoms with Gasteiger partial charge in [-0.05, 0) is 39.8 Å². The zero-order valence-electron chi connectivity index (χ0n) is 18.0. The molecule has 0 spiro atoms. The number of hydrogen-bond acceptors (Lipinski definition) is 6. The molecule has 0 radical (unpaired) electrons. The molecule has 4 aromatic rings. The number of aromatic nitrogens is 5. The van der Waals surface area contributed by atoms with Crippen LogP contribution in [-0.4, -0.2) is 37.2 Å². The smallest absolute Gasteiger partial charge is 0.269 e. The van der Waals surface area contributed by atoms with Gasteiger partial charge in [-0.1, -0.05) is 35.9 Å². The monoisotopic (exact) mass is 415 g/mol. The Labute approximate surface area is 180 Å². The minimum Gasteiger partial charge on any atom is -0.383 e. The van der Waals surface area contributed by atoms with Crippen LogP contribution in [0.2, 0.25) is 0 Å². The lowest BCUT2D eigenvalue weighted by Gasteiger charge is -2.26. The van der Waals surface area contributed by atoms with E-state index in [0.717, 1.165) is 16.8 Å². The van der Waals surface area contributed by atoms with Gasteiger partial charge in [0.2, 0.25) is 0 Å². The van der Waals surface area contributed by atoms with Crippen molar-refractivity contribution in [3.63, 3.8) is 0 Å². The average Bonchev–Trinajstić information content (AvgIpc) is 3.15. The summed E-state index contributed by atoms with van der Waals surface area (Å²) in [4.78, 5) is 25.5. The molecule has 0 aliphatic heterocycles. The average molecular weight is 416 g/mol. The van der Waals surface area contributed by atoms with Crippen LogP contribution in [0.15, 0.2) is 48.8 Å². The van der Waals surface area contributed by atoms with Crippen LogP contribution in [0.1, 0.15) is 35.6 Å². The lowest BCUT2D eigenvalue weighted by Crippen LogP contribution is -2.41. The van der Waals surface area contributed by atoms with Gasteiger partial charge in [-0.25, -0.2) is 19.6 Å². The normalized spacial score (nSPS) is 11.6. The Morgan fingerprint density at radius 1 is 1.10 bits per heavy atom. The molecular formula is C23H25N7O. The highest BCUT2D eigenvalue weighted by atomic mass is 16.1. The van der Waals surface area contributed by atoms with E-state index >= 15 is 0 Å². The largest absolute Gasteiger partial charge is 0.383 e. The fourth-order valence-electron chi connectivity index (χ4n) is 3.44. The minimum absolute atomic E-state index is 0.235. The van der Waals surface area contributed by atoms with Crippen molar-refractivity contribution in [2.24, 2.45) is 0 Å². The van der Waals surface area contributed by atoms with Crippen LogP contribution in [0.5, 0.6) is 0 Å². The summed E-state index contributed by atoms with van der Waals surface area (Å²) in [5.74, 6) is 0.136. The summed E-state index contributed by atoms with van der Waals surface area (Å²) in [5, 5.41) is 8.52. The number of nitrogen functional groups attached to an aromatic ring is 1. The van der Waals surface area contributed by atoms with Crippen molar-refractivity contribution in [2.45, 2.75) is 33.2 Å². The van der Waals surface area contributed by atoms with Crippen LogP contribution in [-0.2, 0) is 5.54 Å². The standard InChI is InChI=1S/C23H25N7O/c1-14-8-10-16(11-9-14)19-18-20(24)26-13-27-21(18)30(29-19)23(3,4)12-25-22(31)17-7-5-6-15(2)28-17/h5-11,13H,12H2,1-4H3,(H,25,31)(H2,24,26,27). The summed E-state index contributed by atoms with van der Waals surface area (Å²) in [5.41, 5.74) is 10.2. The second-order valence-electron chi connectivity index (χ2n) is 8.24. The highest BCUT2D eigenvalue weighted by Gasteiger charge is 2.28. The first-order chi connectivity index (χ1) is 14.8. The van der Waals surface area contributed by atoms with Crippen LogP contribution in [0, 0.1) is 13.8 Å². The number of carbonyl (C=O) groups is 1. The second-order valence-corrected chi connectivity index (χ2v) is 8.24. The van der Waals surface area contributed by atoms with E-state index in [-0.39, 0.29) is 5.91 Å². The number of pyridine rings is 1. The molecule has 3 aromatic heterocycles. The Hall–Kier alpha value is -3.81. The van der Waals surface area contributed by atoms with Crippen LogP contribution < -0.4 is 11.1 Å². The molecule has 31 heavy (non-hydrogen) atoms. The molecule has 0 bridgehead atoms. The molecule has 8 nitrogen and oxygen atoms in total. The van der Waals surface area contributed by atoms with Crippen molar-refractivity contribution in [3.8, 4) is 11.3 Å². The zero-order valence-corrected chi connectivity index (χ0v) is 18.0. The number of nitrogens with zero attached hydrogens (tertiary/aromatic N) is 5. The Balaban J connectivity index is 1.70. The molecule has 3 N–H and O–H groups in total. The minimum atomic E-state index is -0.582. The third-order valence-electron chi connectivity index (χ3n) is 5.19. The molecule has 0 aliphatic rings. The summed E-state index contributed by atoms with van der Waals surface area (Å²) in [6.07, 6.45) is 1.43. The first-order valence-electron chi connectivity index (χ1n) is 10.0. The van der Waals surface area contributed by atoms with E-state index in [2.05, 4.69) is 20.3 Å². The van der Waals surface area contributed by atoms with Crippen LogP contribution in [0.4, 0.5) is 5.82 Å². The third-order valence-corrected chi connectivity index (χ3v) is 5.19. The molecule has 3 heterocycles. The fourth-order valence-corrected chi connectivity index (χ4v) is 3.44. The van der Waals surface area contributed by atoms with Crippen LogP contribution in [0.3, 0.4) is 0 Å². The van der Waals surface area contributed by atoms with Crippen molar-refractivity contribution < 1.29 is 4.79 Å². The summed E-state index contributed by atoms with van der Waals surface area (Å²) < 4.78 is 1.81. The summed E-state index contributed by atoms with van der Waals surface area (Å²) in [6, 6.07) is 13.4. The third kappa shape index (κ3) is 3.96. The molecule has 1 aromatic carbocycles. The number of hydrogen-bond donors (Lipinski definition) is 2. The van der Waals surface area contributed by atoms with Gasteiger partial charge in [0.25, 0.3) is 5.91 Å². The van der Waals surface area contributed by atoms with Gasteiger partial charge in [-0.2, -0.15) is 5.10 Å². The predicted octanol–water partition coefficient (Wildman–Crippen LogP) is 3.25. The Kier molecular flexibility index (Phi) is 5.14. The Morgan fingerprint density at radius 3 is 2.55 bits per heavy atom. The van der Waals surface area contributed by atoms with E-state index in [1.54, 1.807) is 10.7 Å². The maximum absolute atomic E-state index is 12.6. The number of nitrogens with one attached hydrogen (secondary N) is 1. The maximum atomic E-state index is 12.6. The van der Waals surface area contributed by atoms with E-state index in [0.29, 0.717) is 34.8 Å². The first kappa shape index (κ1) is 20.5. The summed E-state index contributed by atoms with van der Waals surface area (Å²) in [6.45, 7) is 8.19. The van der Waals surface area contributed by atoms with E-state index in [9.17, 15) is 4.79 Å². The lowest BCUT2D eigenvalue weighted by atomic mass is 10.1. The number of fused-ring (bicyclic) bond motifs is 1. The van der Waals surface area contributed by atoms with Crippen molar-refractivity contribution in [1.29, 1.82) is 0 Å². The van der Waals surface area contributed by atoms with Crippen LogP contribution >= 0.6 is 0 Å². The quantitative estimate of drug-likeness (QED) is 0.517. The Morgan fingerprint density at radius 2 is 1.84 bits per heavy atom. The maximum Gasteiger partial charge on any atom is 0.269 e. The molecule has 0 atom stereocenters. The highest BCUT2D eigenvalue weighted by Crippen LogP contribution is 2.33. The molecule has 0 fully saturated rings. The number of anilines is 1. The van der Waals surface area contributed by atoms with E-state index < -0.39 is 5.54 Å². The van der Waals surface area contributed by atoms with Crippen molar-refractivity contribution in [1.82, 2.24) is 30.0 Å². The van der Waals surface area contributed by atoms with Gasteiger partial charge in [0.1, 0.15) is 23.5 Å². The highest BCUT2D eigenvalue weighted by molar-refractivity contribution is 5.98. The number of nitrogens with two attached hydrogens (primary N) is 1. The zero-order chi connectivity index (χ0) is 22.2. The topological polar surface area (TPSA) is 112 Å². The molecule has 8 heteroatoms. The van der Waals surface area contributed by atoms with Crippen molar-refractivity contribution >= 4 is 22.8 Å². The van der Waals surface area contributed by atoms with Crippen molar-refractivity contribution in [3.05, 3.63) is 65.7 Å². The molecule has 0 aliphatic carbocycles. The van der Waals surface area contributed by atoms with Gasteiger partial charge < -0.3 is 11.1 Å². The fraction of sp³-hybridized carbons (Fsp3) is 0.261. The first-order valence-corrected chi connectivity index (χ1v) is 10.0. The number of rotatable bonds is 5. The van der Waals surface area contributed by atoms with Gasteiger partial charge in [0, 0.05) is 17.8 Å². The van der Waals surface area contributed by atoms with Gasteiger partial charge in [-0.3, -0.25) is 4.79 Å². The van der Waals surface area contributed by atoms with Crippen LogP contribution in [0.25, 0.3) is 22.3 Å². The van der Waals surface area contributed by atoms with E-state index in [1.807, 2.05) is 64.1 Å². The Bertz CT molecular complexity index is 1260. The molecule has 4 rings (SSSR count). The number of carbonyl (C=O) groups excluding carboxylic acids is 1. The van der Waals surface area contributed by atoms with E-state index in [4.69, 9.17) is 10.8 Å². The molecular weight excluding hydrogens is 390 g/mol. The second kappa shape index (κ2) is 7.79. The predicted molar refractivity (Wildman–Crippen MR) is 121 cm³/mol. The molecule has 0 unspecified atom stereocenters. The van der Waals surface area contributed by atoms with E-state index in [1.165, 1.54) is 6.33 Å².